The Labute approximate surface area is 794 Å². The first-order valence-corrected chi connectivity index (χ1v) is 45.7. The first kappa shape index (κ1) is 103. The standard InChI is InChI=1S/C95H113Cl3N2O35/c1-51(69(122-58(8)104)46-116-56(6)102)76-65-40-73(106)124-66(65)41-93(133-76,89(108)112-10)121-49-71-52(2)77(74(99-91(110)120-50-95(96,97)98)86(125-71)131-79-54(4)68(45-114-43-61-30-19-13-20-31-61)126-87(82(79)118-44-62-32-21-14-22-33-62)115-39-27-34-60-28-17-12-18-29-60)130-88-83(129-84(107)63-35-23-15-24-36-63)81(80-72(127-88)48-119-85(132-80)64-37-25-16-26-38-64)135-94(90(109)113-11)42-67-75(100(55(5)101)92(111)128-67)78(134-94)53(3)70(123-59(9)105)47-117-57(7)103/h12-26,28-33,35-38,51-54,65-72,74-83,85-88H,27,34,39-50H2,1-11H3,(H,99,110)/t51-,52-,53-,54+,65-,66-,67?,68?,69-,70-,71?,72?,74?,75+,76?,77+,78?,79+,80+,81+,82?,83?,85?,86+,87-,88+,93-,94-/m1/s1. The van der Waals surface area contributed by atoms with E-state index in [-0.39, 0.29) is 38.4 Å². The zero-order valence-corrected chi connectivity index (χ0v) is 78.5. The molecule has 13 rings (SSSR count). The summed E-state index contributed by atoms with van der Waals surface area (Å²) in [7, 11) is 2.05. The van der Waals surface area contributed by atoms with Crippen molar-refractivity contribution in [2.45, 2.75) is 252 Å². The predicted octanol–water partition coefficient (Wildman–Crippen LogP) is 10.1. The minimum atomic E-state index is -2.94. The molecule has 10 unspecified atom stereocenters. The summed E-state index contributed by atoms with van der Waals surface area (Å²) in [4.78, 5) is 156. The van der Waals surface area contributed by atoms with E-state index in [1.54, 1.807) is 62.4 Å². The van der Waals surface area contributed by atoms with Crippen molar-refractivity contribution in [1.82, 2.24) is 10.2 Å². The lowest BCUT2D eigenvalue weighted by Gasteiger charge is -2.54. The number of imide groups is 1. The van der Waals surface area contributed by atoms with Crippen LogP contribution in [0.4, 0.5) is 9.59 Å². The average molecular weight is 1950 g/mol. The fourth-order valence-corrected chi connectivity index (χ4v) is 18.3. The molecule has 8 saturated heterocycles. The van der Waals surface area contributed by atoms with Crippen molar-refractivity contribution in [2.24, 2.45) is 29.6 Å². The quantitative estimate of drug-likeness (QED) is 0.0166. The van der Waals surface area contributed by atoms with Crippen LogP contribution >= 0.6 is 34.8 Å². The van der Waals surface area contributed by atoms with Gasteiger partial charge in [0.1, 0.15) is 80.7 Å². The van der Waals surface area contributed by atoms with Gasteiger partial charge in [0.15, 0.2) is 31.3 Å². The van der Waals surface area contributed by atoms with E-state index >= 15 is 19.2 Å². The molecule has 734 valence electrons. The summed E-state index contributed by atoms with van der Waals surface area (Å²) in [6.45, 7) is 8.78. The van der Waals surface area contributed by atoms with E-state index in [2.05, 4.69) is 5.32 Å². The molecule has 8 heterocycles. The second-order valence-electron chi connectivity index (χ2n) is 34.3. The van der Waals surface area contributed by atoms with Crippen molar-refractivity contribution in [3.8, 4) is 0 Å². The summed E-state index contributed by atoms with van der Waals surface area (Å²) in [5.41, 5.74) is 2.91. The number of nitrogens with zero attached hydrogens (tertiary/aromatic N) is 1. The Hall–Kier alpha value is -9.62. The molecule has 0 aliphatic carbocycles. The molecule has 5 aromatic carbocycles. The summed E-state index contributed by atoms with van der Waals surface area (Å²) in [5.74, 6) is -19.2. The minimum absolute atomic E-state index is 0.0861. The largest absolute Gasteiger partial charge is 0.465 e. The van der Waals surface area contributed by atoms with E-state index in [9.17, 15) is 33.6 Å². The molecular formula is C95H113Cl3N2O35. The van der Waals surface area contributed by atoms with Gasteiger partial charge in [-0.1, -0.05) is 202 Å². The highest BCUT2D eigenvalue weighted by Crippen LogP contribution is 2.50. The van der Waals surface area contributed by atoms with Crippen molar-refractivity contribution < 1.29 is 166 Å². The molecular weight excluding hydrogens is 1840 g/mol. The number of amides is 3. The van der Waals surface area contributed by atoms with Gasteiger partial charge in [-0.2, -0.15) is 0 Å². The maximum absolute atomic E-state index is 15.7. The number of hydrogen-bond donors (Lipinski definition) is 1. The molecule has 8 aliphatic rings. The summed E-state index contributed by atoms with van der Waals surface area (Å²) in [5, 5.41) is 2.88. The van der Waals surface area contributed by atoms with Crippen LogP contribution in [-0.4, -0.2) is 269 Å². The summed E-state index contributed by atoms with van der Waals surface area (Å²) in [6, 6.07) is 41.2. The van der Waals surface area contributed by atoms with Crippen molar-refractivity contribution in [2.75, 3.05) is 60.5 Å². The van der Waals surface area contributed by atoms with Crippen molar-refractivity contribution in [3.63, 3.8) is 0 Å². The smallest absolute Gasteiger partial charge is 0.417 e. The van der Waals surface area contributed by atoms with Gasteiger partial charge in [0.05, 0.1) is 115 Å². The zero-order chi connectivity index (χ0) is 96.6. The Bertz CT molecular complexity index is 4840. The number of esters is 8. The number of aryl methyl sites for hydroxylation is 1. The third kappa shape index (κ3) is 25.9. The number of nitrogens with one attached hydrogen (secondary N) is 1. The highest BCUT2D eigenvalue weighted by molar-refractivity contribution is 6.67. The molecule has 5 aromatic rings. The maximum atomic E-state index is 15.7. The summed E-state index contributed by atoms with van der Waals surface area (Å²) in [6.07, 6.45) is -32.4. The number of alkyl halides is 3. The van der Waals surface area contributed by atoms with Gasteiger partial charge >= 0.3 is 59.9 Å². The van der Waals surface area contributed by atoms with Crippen LogP contribution in [0.5, 0.6) is 0 Å². The van der Waals surface area contributed by atoms with Crippen molar-refractivity contribution >= 4 is 101 Å². The molecule has 0 bridgehead atoms. The van der Waals surface area contributed by atoms with Crippen LogP contribution in [0.1, 0.15) is 127 Å². The summed E-state index contributed by atoms with van der Waals surface area (Å²) >= 11 is 19.1. The van der Waals surface area contributed by atoms with Crippen LogP contribution in [0.3, 0.4) is 0 Å². The third-order valence-corrected chi connectivity index (χ3v) is 25.2. The van der Waals surface area contributed by atoms with Gasteiger partial charge in [-0.15, -0.1) is 0 Å². The fraction of sp³-hybridized carbons (Fsp3) is 0.568. The first-order valence-electron chi connectivity index (χ1n) is 44.6. The van der Waals surface area contributed by atoms with E-state index in [1.807, 2.05) is 97.9 Å². The lowest BCUT2D eigenvalue weighted by Crippen LogP contribution is -2.71. The van der Waals surface area contributed by atoms with Crippen molar-refractivity contribution in [3.05, 3.63) is 179 Å². The van der Waals surface area contributed by atoms with E-state index in [0.717, 1.165) is 64.9 Å². The van der Waals surface area contributed by atoms with Crippen LogP contribution in [-0.2, 0) is 172 Å². The maximum Gasteiger partial charge on any atom is 0.417 e. The van der Waals surface area contributed by atoms with Gasteiger partial charge in [0, 0.05) is 69.8 Å². The Morgan fingerprint density at radius 1 is 0.556 bits per heavy atom. The van der Waals surface area contributed by atoms with Gasteiger partial charge in [-0.3, -0.25) is 28.8 Å². The number of halogens is 3. The van der Waals surface area contributed by atoms with Gasteiger partial charge in [-0.25, -0.2) is 28.9 Å². The Morgan fingerprint density at radius 2 is 1.10 bits per heavy atom. The summed E-state index contributed by atoms with van der Waals surface area (Å²) < 4.78 is 155. The number of alkyl carbamates (subject to hydrolysis) is 1. The van der Waals surface area contributed by atoms with Crippen LogP contribution in [0.15, 0.2) is 152 Å². The Balaban J connectivity index is 0.986. The highest BCUT2D eigenvalue weighted by atomic mass is 35.6. The third-order valence-electron chi connectivity index (χ3n) is 24.8. The number of rotatable bonds is 38. The van der Waals surface area contributed by atoms with E-state index in [1.165, 1.54) is 19.1 Å². The normalized spacial score (nSPS) is 31.3. The monoisotopic (exact) mass is 1950 g/mol. The molecule has 3 amide bonds. The predicted molar refractivity (Wildman–Crippen MR) is 467 cm³/mol. The van der Waals surface area contributed by atoms with Crippen LogP contribution in [0.25, 0.3) is 0 Å². The second kappa shape index (κ2) is 46.7. The molecule has 8 aliphatic heterocycles. The minimum Gasteiger partial charge on any atom is -0.465 e. The molecule has 1 N–H and O–H groups in total. The first-order chi connectivity index (χ1) is 64.6. The van der Waals surface area contributed by atoms with Gasteiger partial charge in [0.25, 0.3) is 11.6 Å². The van der Waals surface area contributed by atoms with E-state index in [4.69, 9.17) is 148 Å². The number of carbonyl (C=O) groups excluding carboxylic acids is 11. The molecule has 37 nitrogen and oxygen atoms in total. The molecule has 28 atom stereocenters. The molecule has 0 aromatic heterocycles. The molecule has 0 spiro atoms. The number of carbonyl (C=O) groups is 11. The van der Waals surface area contributed by atoms with Gasteiger partial charge in [-0.05, 0) is 41.7 Å². The number of methoxy groups -OCH3 is 2. The van der Waals surface area contributed by atoms with E-state index < -0.39 is 285 Å². The SMILES string of the molecule is COC(=O)[C@@]1(OCC2O[C@@H](O[C@@H]3C(OCc4ccccc4)[C@H](OCCCc4ccccc4)OC(COCc4ccccc4)[C@@H]3C)C(NC(=O)OCC(Cl)(Cl)Cl)[C@@H](O[C@@H]3OC4COC(c5ccccc5)O[C@@H]4[C@H](O[C@@]4(C(=O)OC)CC5OC(=O)N(C(C)=O)[C@@H]5C([C@H](C)[C@@H](COC(C)=O)OC(C)=O)O4)C3OC(=O)c3ccccc3)[C@@H]2C)C[C@H]2OC(=O)C[C@H]2C([C@H](C)[C@@H](COC(C)=O)OC(C)=O)O1. The van der Waals surface area contributed by atoms with Crippen LogP contribution in [0, 0.1) is 29.6 Å². The number of fused-ring (bicyclic) bond motifs is 3. The lowest BCUT2D eigenvalue weighted by molar-refractivity contribution is -0.407. The number of ether oxygens (including phenoxy) is 24. The highest BCUT2D eigenvalue weighted by Gasteiger charge is 2.68. The van der Waals surface area contributed by atoms with E-state index in [0.29, 0.717) is 24.0 Å². The molecule has 8 fully saturated rings. The molecule has 0 saturated carbocycles. The van der Waals surface area contributed by atoms with Gasteiger partial charge < -0.3 is 119 Å². The van der Waals surface area contributed by atoms with Crippen molar-refractivity contribution in [1.29, 1.82) is 0 Å². The van der Waals surface area contributed by atoms with Gasteiger partial charge in [0.2, 0.25) is 9.70 Å². The van der Waals surface area contributed by atoms with Crippen LogP contribution in [0.2, 0.25) is 0 Å². The number of benzene rings is 5. The molecule has 40 heteroatoms. The Morgan fingerprint density at radius 3 is 1.70 bits per heavy atom. The average Bonchev–Trinajstić information content (AvgIpc) is 1.53. The second-order valence-corrected chi connectivity index (χ2v) is 36.8. The fourth-order valence-electron chi connectivity index (χ4n) is 18.1. The molecule has 0 radical (unpaired) electrons. The Kier molecular flexibility index (Phi) is 35.5. The zero-order valence-electron chi connectivity index (χ0n) is 76.2. The number of hydrogen-bond acceptors (Lipinski definition) is 35. The lowest BCUT2D eigenvalue weighted by atomic mass is 9.79. The van der Waals surface area contributed by atoms with Crippen LogP contribution < -0.4 is 5.32 Å². The topological polar surface area (TPSA) is 425 Å². The molecule has 135 heavy (non-hydrogen) atoms.